The number of ether oxygens (including phenoxy) is 2. The Hall–Kier alpha value is -5.42. The van der Waals surface area contributed by atoms with E-state index < -0.39 is 5.92 Å². The van der Waals surface area contributed by atoms with E-state index in [1.165, 1.54) is 5.56 Å². The van der Waals surface area contributed by atoms with E-state index in [1.807, 2.05) is 63.5 Å². The molecule has 0 saturated carbocycles. The Bertz CT molecular complexity index is 2590. The third kappa shape index (κ3) is 9.12. The van der Waals surface area contributed by atoms with Crippen LogP contribution >= 0.6 is 0 Å². The second-order valence-corrected chi connectivity index (χ2v) is 20.2. The van der Waals surface area contributed by atoms with Crippen LogP contribution in [-0.2, 0) is 20.7 Å². The molecule has 0 aliphatic carbocycles. The monoisotopic (exact) mass is 929 g/mol. The SMILES string of the molecule is CCc1cccc2cc(O)cc(-c3cc4nc(OCC56CCCN5C(COCCN(CCNC)c5cc(C(C(=O)N7CCCC7C=O)C(C)C)on5)CC6)nc(N5CC6CCC(C5)N6)c4cn3)c12. The molecule has 5 aromatic rings. The van der Waals surface area contributed by atoms with Gasteiger partial charge in [-0.15, -0.1) is 0 Å². The van der Waals surface area contributed by atoms with Crippen molar-refractivity contribution < 1.29 is 28.7 Å². The van der Waals surface area contributed by atoms with Crippen molar-refractivity contribution in [3.05, 3.63) is 60.0 Å². The Morgan fingerprint density at radius 1 is 1.06 bits per heavy atom. The van der Waals surface area contributed by atoms with E-state index in [0.29, 0.717) is 75.5 Å². The highest BCUT2D eigenvalue weighted by atomic mass is 16.5. The number of aromatic hydroxyl groups is 1. The maximum atomic E-state index is 13.7. The van der Waals surface area contributed by atoms with Crippen molar-refractivity contribution in [1.82, 2.24) is 40.5 Å². The standard InChI is InChI=1S/C52H68N10O6/c1-5-34-9-6-10-35-23-40(64)24-41(48(34)35)43-25-44-42(27-54-43)49(60-28-36-12-13-37(29-60)55-36)57-51(56-44)67-32-52-15-8-19-62(52)39(14-16-52)31-66-22-21-59(20-17-53-4)46-26-45(68-58-46)47(33(2)3)50(65)61-18-7-11-38(61)30-63/h6,9-10,23-27,30,33,36-39,47,53,55,64H,5,7-8,11-22,28-29,31-32H2,1-4H3. The van der Waals surface area contributed by atoms with Gasteiger partial charge in [0.25, 0.3) is 0 Å². The summed E-state index contributed by atoms with van der Waals surface area (Å²) in [5.74, 6) is 1.67. The summed E-state index contributed by atoms with van der Waals surface area (Å²) in [6, 6.07) is 14.9. The van der Waals surface area contributed by atoms with Crippen LogP contribution in [-0.4, -0.2) is 150 Å². The minimum absolute atomic E-state index is 0.0250. The summed E-state index contributed by atoms with van der Waals surface area (Å²) in [7, 11) is 1.93. The van der Waals surface area contributed by atoms with Gasteiger partial charge in [0.2, 0.25) is 5.91 Å². The normalized spacial score (nSPS) is 24.1. The minimum atomic E-state index is -0.514. The van der Waals surface area contributed by atoms with E-state index in [2.05, 4.69) is 43.5 Å². The van der Waals surface area contributed by atoms with Crippen LogP contribution in [0, 0.1) is 5.92 Å². The Labute approximate surface area is 399 Å². The van der Waals surface area contributed by atoms with E-state index in [-0.39, 0.29) is 35.2 Å². The largest absolute Gasteiger partial charge is 0.508 e. The number of amides is 1. The number of aldehydes is 1. The lowest BCUT2D eigenvalue weighted by Gasteiger charge is -2.35. The summed E-state index contributed by atoms with van der Waals surface area (Å²) in [6.07, 6.45) is 11.7. The molecule has 1 amide bonds. The molecular weight excluding hydrogens is 861 g/mol. The number of aryl methyl sites for hydroxylation is 1. The zero-order chi connectivity index (χ0) is 46.9. The maximum Gasteiger partial charge on any atom is 0.319 e. The van der Waals surface area contributed by atoms with Crippen LogP contribution in [0.25, 0.3) is 32.9 Å². The van der Waals surface area contributed by atoms with E-state index in [9.17, 15) is 14.7 Å². The number of anilines is 2. The molecule has 5 aliphatic heterocycles. The zero-order valence-electron chi connectivity index (χ0n) is 40.2. The summed E-state index contributed by atoms with van der Waals surface area (Å²) in [4.78, 5) is 49.6. The number of piperazine rings is 1. The van der Waals surface area contributed by atoms with Crippen molar-refractivity contribution in [2.75, 3.05) is 82.5 Å². The first-order chi connectivity index (χ1) is 33.1. The van der Waals surface area contributed by atoms with Gasteiger partial charge in [-0.3, -0.25) is 14.7 Å². The quantitative estimate of drug-likeness (QED) is 0.0641. The van der Waals surface area contributed by atoms with Crippen LogP contribution in [0.3, 0.4) is 0 Å². The lowest BCUT2D eigenvalue weighted by Crippen LogP contribution is -2.51. The topological polar surface area (TPSA) is 175 Å². The summed E-state index contributed by atoms with van der Waals surface area (Å²) < 4.78 is 19.1. The number of phenolic OH excluding ortho intramolecular Hbond substituents is 1. The molecule has 5 fully saturated rings. The Kier molecular flexibility index (Phi) is 13.6. The van der Waals surface area contributed by atoms with Gasteiger partial charge in [-0.25, -0.2) is 0 Å². The third-order valence-electron chi connectivity index (χ3n) is 15.5. The number of aromatic nitrogens is 4. The number of nitrogens with one attached hydrogen (secondary N) is 2. The number of carbonyl (C=O) groups is 2. The van der Waals surface area contributed by atoms with Crippen LogP contribution in [0.1, 0.15) is 89.4 Å². The first-order valence-corrected chi connectivity index (χ1v) is 25.2. The highest BCUT2D eigenvalue weighted by Crippen LogP contribution is 2.44. The molecule has 2 bridgehead atoms. The van der Waals surface area contributed by atoms with E-state index in [1.54, 1.807) is 4.90 Å². The fraction of sp³-hybridized carbons (Fsp3) is 0.577. The van der Waals surface area contributed by atoms with E-state index in [4.69, 9.17) is 28.9 Å². The lowest BCUT2D eigenvalue weighted by molar-refractivity contribution is -0.137. The molecule has 6 unspecified atom stereocenters. The van der Waals surface area contributed by atoms with Crippen molar-refractivity contribution in [3.8, 4) is 23.0 Å². The number of rotatable bonds is 19. The fourth-order valence-electron chi connectivity index (χ4n) is 12.1. The molecule has 16 nitrogen and oxygen atoms in total. The van der Waals surface area contributed by atoms with Gasteiger partial charge < -0.3 is 49.2 Å². The fourth-order valence-corrected chi connectivity index (χ4v) is 12.1. The van der Waals surface area contributed by atoms with Crippen LogP contribution in [0.4, 0.5) is 11.6 Å². The number of carbonyl (C=O) groups excluding carboxylic acids is 2. The van der Waals surface area contributed by atoms with Gasteiger partial charge in [0.05, 0.1) is 41.4 Å². The van der Waals surface area contributed by atoms with Crippen LogP contribution < -0.4 is 25.2 Å². The molecule has 8 heterocycles. The highest BCUT2D eigenvalue weighted by molar-refractivity contribution is 6.01. The van der Waals surface area contributed by atoms with E-state index >= 15 is 0 Å². The van der Waals surface area contributed by atoms with Crippen molar-refractivity contribution >= 4 is 45.5 Å². The van der Waals surface area contributed by atoms with Crippen LogP contribution in [0.2, 0.25) is 0 Å². The molecule has 10 rings (SSSR count). The molecule has 3 N–H and O–H groups in total. The maximum absolute atomic E-state index is 13.7. The average molecular weight is 929 g/mol. The molecule has 0 radical (unpaired) electrons. The summed E-state index contributed by atoms with van der Waals surface area (Å²) in [6.45, 7) is 13.2. The first kappa shape index (κ1) is 46.3. The smallest absolute Gasteiger partial charge is 0.319 e. The van der Waals surface area contributed by atoms with Crippen molar-refractivity contribution in [2.24, 2.45) is 5.92 Å². The second-order valence-electron chi connectivity index (χ2n) is 20.2. The molecule has 5 aliphatic rings. The van der Waals surface area contributed by atoms with Crippen molar-refractivity contribution in [2.45, 2.75) is 114 Å². The predicted molar refractivity (Wildman–Crippen MR) is 263 cm³/mol. The number of nitrogens with zero attached hydrogens (tertiary/aromatic N) is 8. The molecule has 0 spiro atoms. The summed E-state index contributed by atoms with van der Waals surface area (Å²) >= 11 is 0. The summed E-state index contributed by atoms with van der Waals surface area (Å²) in [5.41, 5.74) is 3.50. The second kappa shape index (κ2) is 19.9. The van der Waals surface area contributed by atoms with Crippen LogP contribution in [0.5, 0.6) is 11.8 Å². The Morgan fingerprint density at radius 2 is 1.91 bits per heavy atom. The van der Waals surface area contributed by atoms with E-state index in [0.717, 1.165) is 123 Å². The average Bonchev–Trinajstić information content (AvgIpc) is 4.20. The van der Waals surface area contributed by atoms with Gasteiger partial charge >= 0.3 is 6.01 Å². The predicted octanol–water partition coefficient (Wildman–Crippen LogP) is 6.09. The van der Waals surface area contributed by atoms with Gasteiger partial charge in [0.15, 0.2) is 11.6 Å². The molecule has 6 atom stereocenters. The van der Waals surface area contributed by atoms with Crippen molar-refractivity contribution in [3.63, 3.8) is 0 Å². The van der Waals surface area contributed by atoms with Gasteiger partial charge in [-0.2, -0.15) is 9.97 Å². The molecule has 362 valence electrons. The minimum Gasteiger partial charge on any atom is -0.508 e. The zero-order valence-corrected chi connectivity index (χ0v) is 40.2. The number of likely N-dealkylation sites (tertiary alicyclic amines) is 1. The molecule has 16 heteroatoms. The van der Waals surface area contributed by atoms with Crippen LogP contribution in [0.15, 0.2) is 53.2 Å². The van der Waals surface area contributed by atoms with Gasteiger partial charge in [-0.05, 0) is 112 Å². The number of fused-ring (bicyclic) bond motifs is 5. The van der Waals surface area contributed by atoms with Gasteiger partial charge in [0, 0.05) is 75.2 Å². The first-order valence-electron chi connectivity index (χ1n) is 25.2. The van der Waals surface area contributed by atoms with Gasteiger partial charge in [-0.1, -0.05) is 44.1 Å². The lowest BCUT2D eigenvalue weighted by atomic mass is 9.91. The number of pyridine rings is 1. The number of benzene rings is 2. The number of hydrogen-bond donors (Lipinski definition) is 3. The Balaban J connectivity index is 0.829. The molecule has 3 aromatic heterocycles. The molecular formula is C52H68N10O6. The molecule has 5 saturated heterocycles. The Morgan fingerprint density at radius 3 is 2.71 bits per heavy atom. The number of hydrogen-bond acceptors (Lipinski definition) is 15. The molecule has 68 heavy (non-hydrogen) atoms. The molecule has 2 aromatic carbocycles. The number of phenols is 1. The van der Waals surface area contributed by atoms with Gasteiger partial charge in [0.1, 0.15) is 30.4 Å². The van der Waals surface area contributed by atoms with Crippen molar-refractivity contribution in [1.29, 1.82) is 0 Å². The number of likely N-dealkylation sites (N-methyl/N-ethyl adjacent to an activating group) is 1. The third-order valence-corrected chi connectivity index (χ3v) is 15.5. The highest BCUT2D eigenvalue weighted by Gasteiger charge is 2.50. The summed E-state index contributed by atoms with van der Waals surface area (Å²) in [5, 5.41) is 25.3.